The van der Waals surface area contributed by atoms with E-state index in [1.165, 1.54) is 31.2 Å². The molecule has 0 saturated carbocycles. The van der Waals surface area contributed by atoms with Crippen LogP contribution in [0.3, 0.4) is 0 Å². The van der Waals surface area contributed by atoms with Crippen molar-refractivity contribution in [3.8, 4) is 11.5 Å². The Hall–Kier alpha value is -2.88. The maximum atomic E-state index is 14.4. The first-order valence-electron chi connectivity index (χ1n) is 11.8. The predicted octanol–water partition coefficient (Wildman–Crippen LogP) is 5.71. The number of rotatable bonds is 13. The molecule has 2 aromatic rings. The van der Waals surface area contributed by atoms with Gasteiger partial charge in [0.2, 0.25) is 5.50 Å². The molecule has 0 amide bonds. The number of hydrogen-bond donors (Lipinski definition) is 1. The SMILES string of the molecule is Cc1c(Oc2cccc(N(CCC(F)S(=O)(=O)CCCF)S(=O)O)c2Cl)ccc([N+](=O)[O-])c1C(=O)OC(C)(C)C. The molecule has 16 heteroatoms. The number of nitro groups is 1. The lowest BCUT2D eigenvalue weighted by molar-refractivity contribution is -0.385. The summed E-state index contributed by atoms with van der Waals surface area (Å²) >= 11 is 3.66. The predicted molar refractivity (Wildman–Crippen MR) is 147 cm³/mol. The van der Waals surface area contributed by atoms with Crippen molar-refractivity contribution in [2.45, 2.75) is 51.6 Å². The number of nitrogens with zero attached hydrogens (tertiary/aromatic N) is 2. The van der Waals surface area contributed by atoms with Gasteiger partial charge in [0.05, 0.1) is 23.0 Å². The Kier molecular flexibility index (Phi) is 11.4. The Bertz CT molecular complexity index is 1390. The van der Waals surface area contributed by atoms with Crippen molar-refractivity contribution in [3.63, 3.8) is 0 Å². The van der Waals surface area contributed by atoms with Gasteiger partial charge in [-0.25, -0.2) is 21.8 Å². The topological polar surface area (TPSA) is 153 Å². The van der Waals surface area contributed by atoms with Gasteiger partial charge in [0.1, 0.15) is 27.7 Å². The van der Waals surface area contributed by atoms with E-state index in [0.717, 1.165) is 10.4 Å². The fraction of sp³-hybridized carbons (Fsp3) is 0.458. The molecule has 11 nitrogen and oxygen atoms in total. The summed E-state index contributed by atoms with van der Waals surface area (Å²) in [6.45, 7) is 4.70. The van der Waals surface area contributed by atoms with Crippen LogP contribution in [0.4, 0.5) is 20.2 Å². The van der Waals surface area contributed by atoms with Crippen molar-refractivity contribution in [1.29, 1.82) is 0 Å². The van der Waals surface area contributed by atoms with Gasteiger partial charge in [0, 0.05) is 24.6 Å². The maximum Gasteiger partial charge on any atom is 0.346 e. The number of ether oxygens (including phenoxy) is 2. The molecule has 2 rings (SSSR count). The average molecular weight is 627 g/mol. The van der Waals surface area contributed by atoms with Crippen molar-refractivity contribution >= 4 is 50.0 Å². The van der Waals surface area contributed by atoms with Crippen LogP contribution in [0, 0.1) is 17.0 Å². The number of esters is 1. The molecular formula is C24H29ClF2N2O9S2. The van der Waals surface area contributed by atoms with Crippen molar-refractivity contribution < 1.29 is 45.2 Å². The molecule has 0 aromatic heterocycles. The van der Waals surface area contributed by atoms with Gasteiger partial charge in [-0.15, -0.1) is 0 Å². The van der Waals surface area contributed by atoms with Crippen molar-refractivity contribution in [2.24, 2.45) is 0 Å². The zero-order valence-corrected chi connectivity index (χ0v) is 24.4. The maximum absolute atomic E-state index is 14.4. The highest BCUT2D eigenvalue weighted by Crippen LogP contribution is 2.40. The Morgan fingerprint density at radius 3 is 2.45 bits per heavy atom. The van der Waals surface area contributed by atoms with Gasteiger partial charge in [0.15, 0.2) is 9.84 Å². The molecule has 0 aliphatic carbocycles. The summed E-state index contributed by atoms with van der Waals surface area (Å²) in [5, 5.41) is 11.3. The van der Waals surface area contributed by atoms with E-state index in [1.807, 2.05) is 0 Å². The molecule has 2 aromatic carbocycles. The third-order valence-electron chi connectivity index (χ3n) is 5.32. The second kappa shape index (κ2) is 13.7. The van der Waals surface area contributed by atoms with Crippen LogP contribution in [0.5, 0.6) is 11.5 Å². The molecule has 0 saturated heterocycles. The molecular weight excluding hydrogens is 598 g/mol. The molecule has 0 bridgehead atoms. The lowest BCUT2D eigenvalue weighted by Crippen LogP contribution is -2.31. The van der Waals surface area contributed by atoms with Gasteiger partial charge in [-0.05, 0) is 52.3 Å². The average Bonchev–Trinajstić information content (AvgIpc) is 2.84. The number of carbonyl (C=O) groups excluding carboxylic acids is 1. The zero-order chi connectivity index (χ0) is 30.4. The highest BCUT2D eigenvalue weighted by molar-refractivity contribution is 7.91. The van der Waals surface area contributed by atoms with E-state index < -0.39 is 74.2 Å². The van der Waals surface area contributed by atoms with Crippen LogP contribution in [0.1, 0.15) is 49.5 Å². The second-order valence-corrected chi connectivity index (χ2v) is 13.0. The third kappa shape index (κ3) is 8.56. The van der Waals surface area contributed by atoms with E-state index in [0.29, 0.717) is 0 Å². The molecule has 2 unspecified atom stereocenters. The summed E-state index contributed by atoms with van der Waals surface area (Å²) in [6.07, 6.45) is -1.08. The van der Waals surface area contributed by atoms with Crippen LogP contribution < -0.4 is 9.04 Å². The minimum Gasteiger partial charge on any atom is -0.456 e. The second-order valence-electron chi connectivity index (χ2n) is 9.47. The fourth-order valence-electron chi connectivity index (χ4n) is 3.48. The molecule has 0 radical (unpaired) electrons. The number of hydrogen-bond acceptors (Lipinski definition) is 8. The Balaban J connectivity index is 2.42. The monoisotopic (exact) mass is 626 g/mol. The first-order valence-corrected chi connectivity index (χ1v) is 14.9. The van der Waals surface area contributed by atoms with Crippen LogP contribution in [0.25, 0.3) is 0 Å². The molecule has 222 valence electrons. The fourth-order valence-corrected chi connectivity index (χ4v) is 5.61. The lowest BCUT2D eigenvalue weighted by Gasteiger charge is -2.23. The minimum atomic E-state index is -4.28. The quantitative estimate of drug-likeness (QED) is 0.127. The van der Waals surface area contributed by atoms with Crippen LogP contribution >= 0.6 is 11.6 Å². The number of alkyl halides is 2. The number of carbonyl (C=O) groups is 1. The summed E-state index contributed by atoms with van der Waals surface area (Å²) in [7, 11) is -4.28. The number of halogens is 3. The van der Waals surface area contributed by atoms with Crippen LogP contribution in [0.2, 0.25) is 5.02 Å². The number of sulfone groups is 1. The summed E-state index contributed by atoms with van der Waals surface area (Å²) in [4.78, 5) is 23.6. The van der Waals surface area contributed by atoms with E-state index in [1.54, 1.807) is 20.8 Å². The first kappa shape index (κ1) is 33.3. The van der Waals surface area contributed by atoms with E-state index in [2.05, 4.69) is 0 Å². The van der Waals surface area contributed by atoms with Gasteiger partial charge < -0.3 is 9.47 Å². The molecule has 0 heterocycles. The Morgan fingerprint density at radius 1 is 1.25 bits per heavy atom. The first-order chi connectivity index (χ1) is 18.5. The number of anilines is 1. The summed E-state index contributed by atoms with van der Waals surface area (Å²) in [5.74, 6) is -1.76. The highest BCUT2D eigenvalue weighted by atomic mass is 35.5. The van der Waals surface area contributed by atoms with Crippen LogP contribution in [-0.2, 0) is 25.8 Å². The standard InChI is InChI=1S/C24H29ClF2N2O9S2/c1-15-18(10-9-16(29(31)32)21(15)23(30)38-24(2,3)4)37-19-8-5-7-17(22(19)25)28(39(33)34)13-11-20(27)40(35,36)14-6-12-26/h5,7-10,20H,6,11-14H2,1-4H3,(H,33,34). The number of nitro benzene ring substituents is 1. The molecule has 40 heavy (non-hydrogen) atoms. The molecule has 2 atom stereocenters. The van der Waals surface area contributed by atoms with E-state index >= 15 is 0 Å². The largest absolute Gasteiger partial charge is 0.456 e. The van der Waals surface area contributed by atoms with Gasteiger partial charge in [-0.1, -0.05) is 17.7 Å². The highest BCUT2D eigenvalue weighted by Gasteiger charge is 2.31. The van der Waals surface area contributed by atoms with Crippen molar-refractivity contribution in [1.82, 2.24) is 0 Å². The van der Waals surface area contributed by atoms with Gasteiger partial charge in [-0.2, -0.15) is 0 Å². The van der Waals surface area contributed by atoms with E-state index in [4.69, 9.17) is 21.1 Å². The van der Waals surface area contributed by atoms with Gasteiger partial charge >= 0.3 is 5.97 Å². The summed E-state index contributed by atoms with van der Waals surface area (Å²) in [5.41, 5.74) is -4.25. The van der Waals surface area contributed by atoms with E-state index in [-0.39, 0.29) is 39.8 Å². The normalized spacial score (nSPS) is 13.4. The van der Waals surface area contributed by atoms with Crippen molar-refractivity contribution in [3.05, 3.63) is 56.6 Å². The van der Waals surface area contributed by atoms with Crippen LogP contribution in [0.15, 0.2) is 30.3 Å². The third-order valence-corrected chi connectivity index (χ3v) is 8.33. The van der Waals surface area contributed by atoms with Gasteiger partial charge in [0.25, 0.3) is 17.0 Å². The summed E-state index contributed by atoms with van der Waals surface area (Å²) in [6, 6.07) is 6.36. The Morgan fingerprint density at radius 2 is 1.90 bits per heavy atom. The van der Waals surface area contributed by atoms with Crippen molar-refractivity contribution in [2.75, 3.05) is 23.3 Å². The smallest absolute Gasteiger partial charge is 0.346 e. The molecule has 0 aliphatic heterocycles. The van der Waals surface area contributed by atoms with E-state index in [9.17, 15) is 40.9 Å². The molecule has 0 aliphatic rings. The van der Waals surface area contributed by atoms with Crippen LogP contribution in [-0.4, -0.2) is 58.1 Å². The zero-order valence-electron chi connectivity index (χ0n) is 22.1. The van der Waals surface area contributed by atoms with Gasteiger partial charge in [-0.3, -0.25) is 23.4 Å². The molecule has 0 fully saturated rings. The number of benzene rings is 2. The molecule has 0 spiro atoms. The minimum absolute atomic E-state index is 0.00930. The summed E-state index contributed by atoms with van der Waals surface area (Å²) < 4.78 is 84.4. The molecule has 1 N–H and O–H groups in total. The Labute approximate surface area is 237 Å². The lowest BCUT2D eigenvalue weighted by atomic mass is 10.0.